The molecule has 5 nitrogen and oxygen atoms in total. The van der Waals surface area contributed by atoms with Gasteiger partial charge < -0.3 is 0 Å². The highest BCUT2D eigenvalue weighted by molar-refractivity contribution is 5.81. The van der Waals surface area contributed by atoms with Crippen molar-refractivity contribution in [3.63, 3.8) is 0 Å². The summed E-state index contributed by atoms with van der Waals surface area (Å²) in [5.74, 6) is 0. The molecular weight excluding hydrogens is 242 g/mol. The lowest BCUT2D eigenvalue weighted by molar-refractivity contribution is -0.384. The highest BCUT2D eigenvalue weighted by Gasteiger charge is 2.10. The van der Waals surface area contributed by atoms with Crippen molar-refractivity contribution >= 4 is 16.6 Å². The number of nitrogens with zero attached hydrogens (tertiary/aromatic N) is 3. The van der Waals surface area contributed by atoms with Gasteiger partial charge in [0.15, 0.2) is 0 Å². The fraction of sp³-hybridized carbons (Fsp3) is 0.0714. The lowest BCUT2D eigenvalue weighted by Crippen LogP contribution is -1.96. The third kappa shape index (κ3) is 1.95. The molecular formula is C14H11N3O2. The number of aryl methyl sites for hydroxylation is 1. The Morgan fingerprint density at radius 1 is 1.21 bits per heavy atom. The molecule has 0 radical (unpaired) electrons. The number of non-ortho nitro benzene ring substituents is 1. The van der Waals surface area contributed by atoms with Crippen LogP contribution in [0.15, 0.2) is 48.7 Å². The molecule has 0 spiro atoms. The van der Waals surface area contributed by atoms with Gasteiger partial charge in [0, 0.05) is 23.7 Å². The van der Waals surface area contributed by atoms with Crippen molar-refractivity contribution in [3.8, 4) is 5.69 Å². The summed E-state index contributed by atoms with van der Waals surface area (Å²) in [5.41, 5.74) is 2.76. The number of para-hydroxylation sites is 1. The van der Waals surface area contributed by atoms with E-state index in [1.54, 1.807) is 10.7 Å². The molecule has 0 saturated carbocycles. The first-order valence-corrected chi connectivity index (χ1v) is 5.85. The van der Waals surface area contributed by atoms with Crippen molar-refractivity contribution < 1.29 is 4.92 Å². The summed E-state index contributed by atoms with van der Waals surface area (Å²) in [6, 6.07) is 12.6. The van der Waals surface area contributed by atoms with E-state index in [2.05, 4.69) is 5.10 Å². The number of fused-ring (bicyclic) bond motifs is 1. The van der Waals surface area contributed by atoms with Gasteiger partial charge in [0.25, 0.3) is 5.69 Å². The van der Waals surface area contributed by atoms with E-state index >= 15 is 0 Å². The Kier molecular flexibility index (Phi) is 2.52. The molecule has 19 heavy (non-hydrogen) atoms. The molecule has 0 N–H and O–H groups in total. The first-order valence-electron chi connectivity index (χ1n) is 5.85. The fourth-order valence-corrected chi connectivity index (χ4v) is 2.06. The molecule has 2 aromatic carbocycles. The van der Waals surface area contributed by atoms with Crippen LogP contribution in [0.25, 0.3) is 16.6 Å². The molecule has 0 aliphatic heterocycles. The highest BCUT2D eigenvalue weighted by Crippen LogP contribution is 2.22. The maximum Gasteiger partial charge on any atom is 0.271 e. The quantitative estimate of drug-likeness (QED) is 0.520. The van der Waals surface area contributed by atoms with Crippen molar-refractivity contribution in [2.24, 2.45) is 0 Å². The van der Waals surface area contributed by atoms with Gasteiger partial charge in [-0.15, -0.1) is 0 Å². The lowest BCUT2D eigenvalue weighted by Gasteiger charge is -2.03. The minimum Gasteiger partial charge on any atom is -0.258 e. The number of hydrogen-bond donors (Lipinski definition) is 0. The van der Waals surface area contributed by atoms with Crippen LogP contribution < -0.4 is 0 Å². The van der Waals surface area contributed by atoms with Crippen molar-refractivity contribution in [1.82, 2.24) is 9.78 Å². The number of rotatable bonds is 2. The Bertz CT molecular complexity index is 777. The third-order valence-electron chi connectivity index (χ3n) is 3.06. The van der Waals surface area contributed by atoms with Crippen molar-refractivity contribution in [2.45, 2.75) is 6.92 Å². The highest BCUT2D eigenvalue weighted by atomic mass is 16.6. The summed E-state index contributed by atoms with van der Waals surface area (Å²) in [5, 5.41) is 16.0. The molecule has 3 aromatic rings. The zero-order valence-corrected chi connectivity index (χ0v) is 10.3. The predicted molar refractivity (Wildman–Crippen MR) is 72.5 cm³/mol. The van der Waals surface area contributed by atoms with E-state index in [1.165, 1.54) is 12.1 Å². The molecule has 0 unspecified atom stereocenters. The second-order valence-corrected chi connectivity index (χ2v) is 4.36. The Morgan fingerprint density at radius 3 is 2.74 bits per heavy atom. The number of hydrogen-bond acceptors (Lipinski definition) is 3. The molecule has 1 heterocycles. The van der Waals surface area contributed by atoms with Gasteiger partial charge in [-0.25, -0.2) is 4.68 Å². The van der Waals surface area contributed by atoms with E-state index in [-0.39, 0.29) is 5.69 Å². The maximum absolute atomic E-state index is 10.7. The molecule has 0 atom stereocenters. The van der Waals surface area contributed by atoms with Gasteiger partial charge in [-0.2, -0.15) is 5.10 Å². The van der Waals surface area contributed by atoms with Crippen LogP contribution in [-0.2, 0) is 0 Å². The minimum atomic E-state index is -0.410. The van der Waals surface area contributed by atoms with Crippen LogP contribution in [0.2, 0.25) is 0 Å². The van der Waals surface area contributed by atoms with E-state index in [4.69, 9.17) is 0 Å². The van der Waals surface area contributed by atoms with Crippen molar-refractivity contribution in [3.05, 3.63) is 64.3 Å². The summed E-state index contributed by atoms with van der Waals surface area (Å²) < 4.78 is 1.75. The monoisotopic (exact) mass is 253 g/mol. The van der Waals surface area contributed by atoms with Crippen LogP contribution in [0, 0.1) is 17.0 Å². The van der Waals surface area contributed by atoms with Crippen molar-refractivity contribution in [1.29, 1.82) is 0 Å². The van der Waals surface area contributed by atoms with Gasteiger partial charge in [0.2, 0.25) is 0 Å². The fourth-order valence-electron chi connectivity index (χ4n) is 2.06. The van der Waals surface area contributed by atoms with E-state index < -0.39 is 4.92 Å². The number of aromatic nitrogens is 2. The molecule has 0 bridgehead atoms. The zero-order valence-electron chi connectivity index (χ0n) is 10.3. The third-order valence-corrected chi connectivity index (χ3v) is 3.06. The van der Waals surface area contributed by atoms with Gasteiger partial charge in [0.05, 0.1) is 16.1 Å². The van der Waals surface area contributed by atoms with Crippen LogP contribution in [0.5, 0.6) is 0 Å². The summed E-state index contributed by atoms with van der Waals surface area (Å²) in [4.78, 5) is 10.3. The van der Waals surface area contributed by atoms with Crippen LogP contribution in [-0.4, -0.2) is 14.7 Å². The van der Waals surface area contributed by atoms with Crippen LogP contribution in [0.1, 0.15) is 5.56 Å². The maximum atomic E-state index is 10.7. The Balaban J connectivity index is 2.17. The molecule has 0 aliphatic rings. The van der Waals surface area contributed by atoms with E-state index in [1.807, 2.05) is 37.4 Å². The average molecular weight is 253 g/mol. The van der Waals surface area contributed by atoms with Crippen LogP contribution in [0.3, 0.4) is 0 Å². The second-order valence-electron chi connectivity index (χ2n) is 4.36. The standard InChI is InChI=1S/C14H11N3O2/c1-10-4-2-3-5-14(10)16-9-11-6-7-12(17(18)19)8-13(11)15-16/h2-9H,1H3. The molecule has 5 heteroatoms. The molecule has 3 rings (SSSR count). The SMILES string of the molecule is Cc1ccccc1-n1cc2ccc([N+](=O)[O-])cc2n1. The number of nitro benzene ring substituents is 1. The summed E-state index contributed by atoms with van der Waals surface area (Å²) in [6.45, 7) is 2.00. The summed E-state index contributed by atoms with van der Waals surface area (Å²) >= 11 is 0. The average Bonchev–Trinajstić information content (AvgIpc) is 2.81. The predicted octanol–water partition coefficient (Wildman–Crippen LogP) is 3.24. The summed E-state index contributed by atoms with van der Waals surface area (Å²) in [7, 11) is 0. The lowest BCUT2D eigenvalue weighted by atomic mass is 10.2. The Hall–Kier alpha value is -2.69. The normalized spacial score (nSPS) is 10.8. The summed E-state index contributed by atoms with van der Waals surface area (Å²) in [6.07, 6.45) is 1.88. The Labute approximate surface area is 109 Å². The number of nitro groups is 1. The topological polar surface area (TPSA) is 61.0 Å². The Morgan fingerprint density at radius 2 is 2.00 bits per heavy atom. The largest absolute Gasteiger partial charge is 0.271 e. The molecule has 0 amide bonds. The van der Waals surface area contributed by atoms with E-state index in [9.17, 15) is 10.1 Å². The van der Waals surface area contributed by atoms with Gasteiger partial charge in [0.1, 0.15) is 0 Å². The van der Waals surface area contributed by atoms with Crippen LogP contribution in [0.4, 0.5) is 5.69 Å². The number of benzene rings is 2. The first kappa shape index (κ1) is 11.4. The molecule has 1 aromatic heterocycles. The molecule has 94 valence electrons. The molecule has 0 fully saturated rings. The van der Waals surface area contributed by atoms with E-state index in [0.29, 0.717) is 5.52 Å². The van der Waals surface area contributed by atoms with Gasteiger partial charge in [-0.1, -0.05) is 18.2 Å². The first-order chi connectivity index (χ1) is 9.15. The van der Waals surface area contributed by atoms with Crippen molar-refractivity contribution in [2.75, 3.05) is 0 Å². The molecule has 0 aliphatic carbocycles. The van der Waals surface area contributed by atoms with Crippen LogP contribution >= 0.6 is 0 Å². The second kappa shape index (κ2) is 4.20. The zero-order chi connectivity index (χ0) is 13.4. The van der Waals surface area contributed by atoms with Gasteiger partial charge in [-0.05, 0) is 24.6 Å². The minimum absolute atomic E-state index is 0.0579. The van der Waals surface area contributed by atoms with Gasteiger partial charge in [-0.3, -0.25) is 10.1 Å². The van der Waals surface area contributed by atoms with Gasteiger partial charge >= 0.3 is 0 Å². The van der Waals surface area contributed by atoms with E-state index in [0.717, 1.165) is 16.6 Å². The smallest absolute Gasteiger partial charge is 0.258 e. The molecule has 0 saturated heterocycles.